The van der Waals surface area contributed by atoms with Gasteiger partial charge in [-0.15, -0.1) is 0 Å². The molecule has 0 unspecified atom stereocenters. The topological polar surface area (TPSA) is 83.7 Å². The molecule has 0 saturated carbocycles. The van der Waals surface area contributed by atoms with Crippen LogP contribution in [0, 0.1) is 10.1 Å². The molecule has 7 nitrogen and oxygen atoms in total. The van der Waals surface area contributed by atoms with Crippen molar-refractivity contribution in [2.24, 2.45) is 5.10 Å². The number of hydrogen-bond acceptors (Lipinski definition) is 3. The number of rotatable bonds is 4. The number of nitrogens with one attached hydrogen (secondary N) is 1. The van der Waals surface area contributed by atoms with E-state index >= 15 is 0 Å². The number of nitro groups is 1. The van der Waals surface area contributed by atoms with Crippen LogP contribution < -0.4 is 5.32 Å². The first-order valence-corrected chi connectivity index (χ1v) is 7.43. The zero-order valence-corrected chi connectivity index (χ0v) is 12.9. The Balaban J connectivity index is 1.87. The molecule has 2 heterocycles. The molecule has 0 aliphatic carbocycles. The molecule has 1 aromatic carbocycles. The molecule has 8 heteroatoms. The first-order valence-electron chi connectivity index (χ1n) is 7.05. The zero-order valence-electron chi connectivity index (χ0n) is 12.1. The van der Waals surface area contributed by atoms with Gasteiger partial charge in [0.05, 0.1) is 0 Å². The van der Waals surface area contributed by atoms with Crippen molar-refractivity contribution >= 4 is 17.6 Å². The van der Waals surface area contributed by atoms with Gasteiger partial charge in [0.25, 0.3) is 5.96 Å². The number of benzene rings is 1. The summed E-state index contributed by atoms with van der Waals surface area (Å²) in [6, 6.07) is 11.8. The van der Waals surface area contributed by atoms with Crippen LogP contribution in [0.15, 0.2) is 47.7 Å². The smallest absolute Gasteiger partial charge is 0.271 e. The molecule has 0 radical (unpaired) electrons. The van der Waals surface area contributed by atoms with Gasteiger partial charge in [-0.3, -0.25) is 0 Å². The molecule has 0 spiro atoms. The summed E-state index contributed by atoms with van der Waals surface area (Å²) < 4.78 is 0. The fraction of sp³-hybridized carbons (Fsp3) is 0.200. The largest absolute Gasteiger partial charge is 0.349 e. The molecule has 1 aromatic heterocycles. The Kier molecular flexibility index (Phi) is 4.38. The normalized spacial score (nSPS) is 15.7. The average Bonchev–Trinajstić information content (AvgIpc) is 2.96. The Labute approximate surface area is 137 Å². The minimum atomic E-state index is -0.707. The second-order valence-electron chi connectivity index (χ2n) is 5.05. The van der Waals surface area contributed by atoms with Crippen molar-refractivity contribution in [1.82, 2.24) is 15.2 Å². The molecule has 0 atom stereocenters. The number of nitrogens with zero attached hydrogens (tertiary/aromatic N) is 4. The highest BCUT2D eigenvalue weighted by Gasteiger charge is 2.22. The Hall–Kier alpha value is -2.67. The van der Waals surface area contributed by atoms with Crippen molar-refractivity contribution in [3.05, 3.63) is 63.4 Å². The Bertz CT molecular complexity index is 751. The summed E-state index contributed by atoms with van der Waals surface area (Å²) in [5, 5.41) is 16.5. The number of aromatic nitrogens is 1. The number of pyridine rings is 1. The average molecular weight is 332 g/mol. The summed E-state index contributed by atoms with van der Waals surface area (Å²) in [6.45, 7) is 1.64. The lowest BCUT2D eigenvalue weighted by atomic mass is 10.1. The second-order valence-corrected chi connectivity index (χ2v) is 5.41. The maximum absolute atomic E-state index is 10.6. The molecule has 1 fully saturated rings. The van der Waals surface area contributed by atoms with Gasteiger partial charge in [0.15, 0.2) is 5.03 Å². The van der Waals surface area contributed by atoms with Gasteiger partial charge in [-0.25, -0.2) is 15.1 Å². The van der Waals surface area contributed by atoms with E-state index in [-0.39, 0.29) is 5.96 Å². The van der Waals surface area contributed by atoms with Crippen molar-refractivity contribution in [3.63, 3.8) is 0 Å². The van der Waals surface area contributed by atoms with E-state index in [0.29, 0.717) is 24.8 Å². The molecule has 1 aliphatic heterocycles. The van der Waals surface area contributed by atoms with Gasteiger partial charge in [-0.2, -0.15) is 0 Å². The molecule has 3 rings (SSSR count). The molecule has 2 aromatic rings. The maximum Gasteiger partial charge on any atom is 0.271 e. The molecular formula is C15H14ClN5O2. The van der Waals surface area contributed by atoms with E-state index in [0.717, 1.165) is 16.7 Å². The molecule has 0 amide bonds. The molecule has 1 saturated heterocycles. The minimum absolute atomic E-state index is 0.246. The van der Waals surface area contributed by atoms with Crippen LogP contribution in [0.1, 0.15) is 5.56 Å². The van der Waals surface area contributed by atoms with Crippen LogP contribution in [-0.4, -0.2) is 34.0 Å². The van der Waals surface area contributed by atoms with Crippen molar-refractivity contribution in [2.45, 2.75) is 6.54 Å². The Morgan fingerprint density at radius 2 is 2.13 bits per heavy atom. The van der Waals surface area contributed by atoms with Gasteiger partial charge in [0.2, 0.25) is 0 Å². The summed E-state index contributed by atoms with van der Waals surface area (Å²) in [7, 11) is 0. The van der Waals surface area contributed by atoms with Gasteiger partial charge in [-0.1, -0.05) is 41.9 Å². The second kappa shape index (κ2) is 6.62. The molecule has 1 N–H and O–H groups in total. The van der Waals surface area contributed by atoms with Crippen LogP contribution in [0.5, 0.6) is 0 Å². The van der Waals surface area contributed by atoms with Gasteiger partial charge in [0.1, 0.15) is 10.3 Å². The third kappa shape index (κ3) is 3.57. The maximum atomic E-state index is 10.6. The monoisotopic (exact) mass is 331 g/mol. The number of guanidine groups is 1. The number of hydrogen-bond donors (Lipinski definition) is 1. The molecule has 1 aliphatic rings. The minimum Gasteiger partial charge on any atom is -0.349 e. The standard InChI is InChI=1S/C15H14ClN5O2/c16-14-13(10-20-7-6-17-15(20)19-21(22)23)8-12(9-18-14)11-4-2-1-3-5-11/h1-5,8-9H,6-7,10H2,(H,17,19). The summed E-state index contributed by atoms with van der Waals surface area (Å²) in [5.74, 6) is 0.246. The van der Waals surface area contributed by atoms with E-state index in [9.17, 15) is 10.1 Å². The first-order chi connectivity index (χ1) is 11.1. The van der Waals surface area contributed by atoms with Gasteiger partial charge in [0, 0.05) is 37.0 Å². The van der Waals surface area contributed by atoms with Crippen molar-refractivity contribution in [2.75, 3.05) is 13.1 Å². The van der Waals surface area contributed by atoms with Crippen LogP contribution in [0.4, 0.5) is 0 Å². The fourth-order valence-corrected chi connectivity index (χ4v) is 2.61. The van der Waals surface area contributed by atoms with E-state index in [1.807, 2.05) is 36.4 Å². The van der Waals surface area contributed by atoms with E-state index < -0.39 is 5.03 Å². The summed E-state index contributed by atoms with van der Waals surface area (Å²) >= 11 is 6.18. The lowest BCUT2D eigenvalue weighted by Crippen LogP contribution is -2.30. The predicted molar refractivity (Wildman–Crippen MR) is 87.5 cm³/mol. The summed E-state index contributed by atoms with van der Waals surface area (Å²) in [6.07, 6.45) is 1.72. The summed E-state index contributed by atoms with van der Waals surface area (Å²) in [4.78, 5) is 16.6. The molecule has 0 bridgehead atoms. The van der Waals surface area contributed by atoms with E-state index in [4.69, 9.17) is 11.6 Å². The summed E-state index contributed by atoms with van der Waals surface area (Å²) in [5.41, 5.74) is 2.79. The molecule has 23 heavy (non-hydrogen) atoms. The Morgan fingerprint density at radius 3 is 2.87 bits per heavy atom. The highest BCUT2D eigenvalue weighted by Crippen LogP contribution is 2.24. The van der Waals surface area contributed by atoms with Crippen LogP contribution >= 0.6 is 11.6 Å². The van der Waals surface area contributed by atoms with E-state index in [1.165, 1.54) is 0 Å². The van der Waals surface area contributed by atoms with Crippen molar-refractivity contribution in [3.8, 4) is 11.1 Å². The number of halogens is 1. The van der Waals surface area contributed by atoms with Gasteiger partial charge in [-0.05, 0) is 11.6 Å². The predicted octanol–water partition coefficient (Wildman–Crippen LogP) is 2.35. The van der Waals surface area contributed by atoms with Gasteiger partial charge < -0.3 is 10.2 Å². The highest BCUT2D eigenvalue weighted by molar-refractivity contribution is 6.30. The van der Waals surface area contributed by atoms with Crippen LogP contribution in [0.25, 0.3) is 11.1 Å². The van der Waals surface area contributed by atoms with Crippen LogP contribution in [0.2, 0.25) is 5.15 Å². The third-order valence-corrected chi connectivity index (χ3v) is 3.86. The van der Waals surface area contributed by atoms with E-state index in [2.05, 4.69) is 15.4 Å². The fourth-order valence-electron chi connectivity index (χ4n) is 2.45. The van der Waals surface area contributed by atoms with Crippen LogP contribution in [-0.2, 0) is 6.54 Å². The highest BCUT2D eigenvalue weighted by atomic mass is 35.5. The van der Waals surface area contributed by atoms with Crippen molar-refractivity contribution < 1.29 is 5.03 Å². The van der Waals surface area contributed by atoms with Crippen LogP contribution in [0.3, 0.4) is 0 Å². The zero-order chi connectivity index (χ0) is 16.2. The van der Waals surface area contributed by atoms with Crippen molar-refractivity contribution in [1.29, 1.82) is 0 Å². The molecular weight excluding hydrogens is 318 g/mol. The quantitative estimate of drug-likeness (QED) is 0.528. The van der Waals surface area contributed by atoms with E-state index in [1.54, 1.807) is 11.1 Å². The SMILES string of the molecule is O=[N+]([O-])/N=C1\NCCN1Cc1cc(-c2ccccc2)cnc1Cl. The first kappa shape index (κ1) is 15.2. The molecule has 118 valence electrons. The number of hydrazone groups is 1. The third-order valence-electron chi connectivity index (χ3n) is 3.52. The lowest BCUT2D eigenvalue weighted by Gasteiger charge is -2.16. The van der Waals surface area contributed by atoms with Gasteiger partial charge >= 0.3 is 0 Å². The Morgan fingerprint density at radius 1 is 1.35 bits per heavy atom. The lowest BCUT2D eigenvalue weighted by molar-refractivity contribution is -0.485.